The molecule has 0 fully saturated rings. The number of furan rings is 1. The average Bonchev–Trinajstić information content (AvgIpc) is 2.74. The van der Waals surface area contributed by atoms with E-state index in [-0.39, 0.29) is 6.04 Å². The third-order valence-corrected chi connectivity index (χ3v) is 2.45. The summed E-state index contributed by atoms with van der Waals surface area (Å²) in [5.74, 6) is 0.948. The van der Waals surface area contributed by atoms with Crippen molar-refractivity contribution < 1.29 is 9.15 Å². The van der Waals surface area contributed by atoms with Gasteiger partial charge in [-0.15, -0.1) is 0 Å². The molecule has 3 heteroatoms. The molecule has 0 bridgehead atoms. The summed E-state index contributed by atoms with van der Waals surface area (Å²) in [4.78, 5) is 0. The lowest BCUT2D eigenvalue weighted by Crippen LogP contribution is -2.20. The Morgan fingerprint density at radius 2 is 2.43 bits per heavy atom. The van der Waals surface area contributed by atoms with Crippen LogP contribution in [0, 0.1) is 0 Å². The molecule has 0 amide bonds. The van der Waals surface area contributed by atoms with E-state index in [9.17, 15) is 0 Å². The van der Waals surface area contributed by atoms with Crippen LogP contribution in [0.3, 0.4) is 0 Å². The summed E-state index contributed by atoms with van der Waals surface area (Å²) in [6.45, 7) is 0.831. The molecule has 1 aromatic heterocycles. The van der Waals surface area contributed by atoms with Crippen molar-refractivity contribution in [1.82, 2.24) is 5.32 Å². The number of hydrogen-bond donors (Lipinski definition) is 1. The Bertz CT molecular complexity index is 303. The molecule has 14 heavy (non-hydrogen) atoms. The molecule has 2 heterocycles. The van der Waals surface area contributed by atoms with Gasteiger partial charge in [-0.2, -0.15) is 0 Å². The molecule has 1 unspecified atom stereocenters. The van der Waals surface area contributed by atoms with Gasteiger partial charge in [0.25, 0.3) is 0 Å². The minimum atomic E-state index is 0.158. The van der Waals surface area contributed by atoms with Crippen LogP contribution < -0.4 is 5.32 Å². The molecule has 1 aromatic rings. The van der Waals surface area contributed by atoms with Gasteiger partial charge in [0.2, 0.25) is 0 Å². The van der Waals surface area contributed by atoms with Gasteiger partial charge in [-0.3, -0.25) is 0 Å². The van der Waals surface area contributed by atoms with Crippen LogP contribution in [0.2, 0.25) is 0 Å². The highest BCUT2D eigenvalue weighted by Gasteiger charge is 2.19. The standard InChI is InChI=1S/C11H15NO2/c1-12-11(10-5-3-7-14-10)9-4-2-6-13-8-9/h3,5,7-8,11-12H,2,4,6H2,1H3. The third kappa shape index (κ3) is 1.82. The largest absolute Gasteiger partial charge is 0.501 e. The van der Waals surface area contributed by atoms with Crippen LogP contribution in [-0.4, -0.2) is 13.7 Å². The molecule has 1 aliphatic heterocycles. The lowest BCUT2D eigenvalue weighted by molar-refractivity contribution is 0.218. The van der Waals surface area contributed by atoms with E-state index in [1.54, 1.807) is 6.26 Å². The van der Waals surface area contributed by atoms with Crippen LogP contribution in [-0.2, 0) is 4.74 Å². The van der Waals surface area contributed by atoms with Crippen molar-refractivity contribution in [2.24, 2.45) is 0 Å². The molecule has 1 aliphatic rings. The molecule has 2 rings (SSSR count). The van der Waals surface area contributed by atoms with E-state index < -0.39 is 0 Å². The number of hydrogen-bond acceptors (Lipinski definition) is 3. The minimum Gasteiger partial charge on any atom is -0.501 e. The smallest absolute Gasteiger partial charge is 0.124 e. The number of rotatable bonds is 3. The highest BCUT2D eigenvalue weighted by atomic mass is 16.5. The zero-order chi connectivity index (χ0) is 9.80. The first kappa shape index (κ1) is 9.34. The molecule has 0 aromatic carbocycles. The van der Waals surface area contributed by atoms with Crippen molar-refractivity contribution in [1.29, 1.82) is 0 Å². The molecule has 0 saturated carbocycles. The van der Waals surface area contributed by atoms with Gasteiger partial charge in [0.1, 0.15) is 5.76 Å². The van der Waals surface area contributed by atoms with Gasteiger partial charge in [0, 0.05) is 0 Å². The normalized spacial score (nSPS) is 18.5. The summed E-state index contributed by atoms with van der Waals surface area (Å²) in [6, 6.07) is 4.05. The van der Waals surface area contributed by atoms with E-state index in [1.807, 2.05) is 25.4 Å². The zero-order valence-electron chi connectivity index (χ0n) is 8.32. The van der Waals surface area contributed by atoms with Gasteiger partial charge < -0.3 is 14.5 Å². The van der Waals surface area contributed by atoms with Crippen LogP contribution in [0.1, 0.15) is 24.6 Å². The van der Waals surface area contributed by atoms with Crippen LogP contribution >= 0.6 is 0 Å². The molecule has 0 spiro atoms. The molecule has 1 atom stereocenters. The quantitative estimate of drug-likeness (QED) is 0.799. The minimum absolute atomic E-state index is 0.158. The van der Waals surface area contributed by atoms with E-state index in [2.05, 4.69) is 5.32 Å². The second-order valence-corrected chi connectivity index (χ2v) is 3.40. The monoisotopic (exact) mass is 193 g/mol. The van der Waals surface area contributed by atoms with Crippen molar-refractivity contribution in [3.63, 3.8) is 0 Å². The highest BCUT2D eigenvalue weighted by Crippen LogP contribution is 2.27. The van der Waals surface area contributed by atoms with Crippen LogP contribution in [0.15, 0.2) is 34.6 Å². The second-order valence-electron chi connectivity index (χ2n) is 3.40. The molecule has 3 nitrogen and oxygen atoms in total. The number of nitrogens with one attached hydrogen (secondary N) is 1. The summed E-state index contributed by atoms with van der Waals surface area (Å²) >= 11 is 0. The maximum absolute atomic E-state index is 5.38. The fourth-order valence-electron chi connectivity index (χ4n) is 1.76. The molecular weight excluding hydrogens is 178 g/mol. The van der Waals surface area contributed by atoms with Crippen molar-refractivity contribution in [3.8, 4) is 0 Å². The molecule has 76 valence electrons. The van der Waals surface area contributed by atoms with Crippen LogP contribution in [0.5, 0.6) is 0 Å². The summed E-state index contributed by atoms with van der Waals surface area (Å²) in [5.41, 5.74) is 1.26. The molecule has 1 N–H and O–H groups in total. The molecule has 0 radical (unpaired) electrons. The number of ether oxygens (including phenoxy) is 1. The summed E-state index contributed by atoms with van der Waals surface area (Å²) in [5, 5.41) is 3.23. The maximum Gasteiger partial charge on any atom is 0.124 e. The van der Waals surface area contributed by atoms with E-state index >= 15 is 0 Å². The zero-order valence-corrected chi connectivity index (χ0v) is 8.32. The van der Waals surface area contributed by atoms with E-state index in [0.29, 0.717) is 0 Å². The fourth-order valence-corrected chi connectivity index (χ4v) is 1.76. The SMILES string of the molecule is CNC(C1=COCCC1)c1ccco1. The Kier molecular flexibility index (Phi) is 2.89. The second kappa shape index (κ2) is 4.33. The van der Waals surface area contributed by atoms with E-state index in [4.69, 9.17) is 9.15 Å². The average molecular weight is 193 g/mol. The first-order valence-electron chi connectivity index (χ1n) is 4.93. The van der Waals surface area contributed by atoms with E-state index in [0.717, 1.165) is 25.2 Å². The Labute approximate surface area is 83.7 Å². The molecule has 0 saturated heterocycles. The summed E-state index contributed by atoms with van der Waals surface area (Å²) < 4.78 is 10.7. The topological polar surface area (TPSA) is 34.4 Å². The predicted molar refractivity (Wildman–Crippen MR) is 53.8 cm³/mol. The van der Waals surface area contributed by atoms with Gasteiger partial charge in [0.15, 0.2) is 0 Å². The Morgan fingerprint density at radius 3 is 3.00 bits per heavy atom. The Morgan fingerprint density at radius 1 is 1.50 bits per heavy atom. The fraction of sp³-hybridized carbons (Fsp3) is 0.455. The van der Waals surface area contributed by atoms with Crippen LogP contribution in [0.4, 0.5) is 0 Å². The van der Waals surface area contributed by atoms with Gasteiger partial charge in [-0.1, -0.05) is 0 Å². The summed E-state index contributed by atoms with van der Waals surface area (Å²) in [7, 11) is 1.93. The first-order chi connectivity index (χ1) is 6.92. The lowest BCUT2D eigenvalue weighted by atomic mass is 10.0. The van der Waals surface area contributed by atoms with E-state index in [1.165, 1.54) is 5.57 Å². The van der Waals surface area contributed by atoms with Gasteiger partial charge in [0.05, 0.1) is 25.2 Å². The molecule has 0 aliphatic carbocycles. The van der Waals surface area contributed by atoms with Crippen molar-refractivity contribution in [2.75, 3.05) is 13.7 Å². The highest BCUT2D eigenvalue weighted by molar-refractivity contribution is 5.20. The first-order valence-corrected chi connectivity index (χ1v) is 4.93. The molecular formula is C11H15NO2. The van der Waals surface area contributed by atoms with Crippen molar-refractivity contribution in [3.05, 3.63) is 36.0 Å². The Hall–Kier alpha value is -1.22. The van der Waals surface area contributed by atoms with Crippen molar-refractivity contribution >= 4 is 0 Å². The van der Waals surface area contributed by atoms with Crippen molar-refractivity contribution in [2.45, 2.75) is 18.9 Å². The predicted octanol–water partition coefficient (Wildman–Crippen LogP) is 2.23. The Balaban J connectivity index is 2.16. The van der Waals surface area contributed by atoms with Gasteiger partial charge in [-0.05, 0) is 37.6 Å². The maximum atomic E-state index is 5.38. The van der Waals surface area contributed by atoms with Crippen LogP contribution in [0.25, 0.3) is 0 Å². The number of likely N-dealkylation sites (N-methyl/N-ethyl adjacent to an activating group) is 1. The van der Waals surface area contributed by atoms with Gasteiger partial charge >= 0.3 is 0 Å². The van der Waals surface area contributed by atoms with Gasteiger partial charge in [-0.25, -0.2) is 0 Å². The lowest BCUT2D eigenvalue weighted by Gasteiger charge is -2.20. The third-order valence-electron chi connectivity index (χ3n) is 2.45. The summed E-state index contributed by atoms with van der Waals surface area (Å²) in [6.07, 6.45) is 5.72.